The minimum Gasteiger partial charge on any atom is -0.490 e. The van der Waals surface area contributed by atoms with Crippen LogP contribution in [0.1, 0.15) is 49.0 Å². The summed E-state index contributed by atoms with van der Waals surface area (Å²) in [6, 6.07) is 11.0. The number of carbonyl (C=O) groups excluding carboxylic acids is 2. The number of hydrazine groups is 1. The van der Waals surface area contributed by atoms with Crippen LogP contribution in [-0.2, 0) is 11.2 Å². The Bertz CT molecular complexity index is 1110. The molecule has 0 aliphatic rings. The first-order chi connectivity index (χ1) is 16.9. The number of amides is 2. The van der Waals surface area contributed by atoms with Crippen molar-refractivity contribution in [2.45, 2.75) is 40.5 Å². The molecule has 2 N–H and O–H groups in total. The second-order valence-corrected chi connectivity index (χ2v) is 7.59. The van der Waals surface area contributed by atoms with Gasteiger partial charge in [-0.15, -0.1) is 0 Å². The molecule has 2 amide bonds. The van der Waals surface area contributed by atoms with E-state index in [1.165, 1.54) is 0 Å². The maximum Gasteiger partial charge on any atom is 0.269 e. The highest BCUT2D eigenvalue weighted by Crippen LogP contribution is 2.39. The summed E-state index contributed by atoms with van der Waals surface area (Å²) in [5.74, 6) is 1.41. The maximum atomic E-state index is 12.7. The van der Waals surface area contributed by atoms with E-state index in [9.17, 15) is 9.59 Å². The summed E-state index contributed by atoms with van der Waals surface area (Å²) in [6.07, 6.45) is 2.02. The van der Waals surface area contributed by atoms with Crippen molar-refractivity contribution in [1.82, 2.24) is 15.8 Å². The molecule has 1 aromatic heterocycles. The molecule has 0 saturated heterocycles. The van der Waals surface area contributed by atoms with Crippen molar-refractivity contribution in [3.8, 4) is 28.6 Å². The predicted octanol–water partition coefficient (Wildman–Crippen LogP) is 4.24. The minimum atomic E-state index is -0.513. The van der Waals surface area contributed by atoms with Gasteiger partial charge in [-0.2, -0.15) is 0 Å². The van der Waals surface area contributed by atoms with Gasteiger partial charge in [0.25, 0.3) is 5.91 Å². The molecule has 0 spiro atoms. The van der Waals surface area contributed by atoms with Crippen LogP contribution in [0, 0.1) is 6.92 Å². The number of aryl methyl sites for hydroxylation is 2. The molecule has 9 nitrogen and oxygen atoms in total. The minimum absolute atomic E-state index is 0.0891. The number of hydrogen-bond donors (Lipinski definition) is 2. The summed E-state index contributed by atoms with van der Waals surface area (Å²) >= 11 is 0. The van der Waals surface area contributed by atoms with Crippen LogP contribution in [0.3, 0.4) is 0 Å². The number of aromatic nitrogens is 1. The zero-order chi connectivity index (χ0) is 25.2. The molecule has 1 heterocycles. The lowest BCUT2D eigenvalue weighted by Gasteiger charge is -2.17. The van der Waals surface area contributed by atoms with Gasteiger partial charge in [0.15, 0.2) is 23.1 Å². The topological polar surface area (TPSA) is 112 Å². The van der Waals surface area contributed by atoms with Crippen LogP contribution in [0.5, 0.6) is 17.2 Å². The highest BCUT2D eigenvalue weighted by molar-refractivity contribution is 5.96. The van der Waals surface area contributed by atoms with Gasteiger partial charge in [0.1, 0.15) is 0 Å². The number of nitrogens with zero attached hydrogens (tertiary/aromatic N) is 1. The predicted molar refractivity (Wildman–Crippen MR) is 131 cm³/mol. The Morgan fingerprint density at radius 2 is 1.54 bits per heavy atom. The van der Waals surface area contributed by atoms with Crippen LogP contribution < -0.4 is 25.1 Å². The van der Waals surface area contributed by atoms with Crippen LogP contribution in [0.25, 0.3) is 11.3 Å². The fourth-order valence-corrected chi connectivity index (χ4v) is 3.28. The second-order valence-electron chi connectivity index (χ2n) is 7.59. The summed E-state index contributed by atoms with van der Waals surface area (Å²) in [5.41, 5.74) is 7.17. The third-order valence-corrected chi connectivity index (χ3v) is 4.94. The van der Waals surface area contributed by atoms with Crippen molar-refractivity contribution in [2.75, 3.05) is 19.8 Å². The zero-order valence-electron chi connectivity index (χ0n) is 20.5. The molecule has 0 aliphatic carbocycles. The number of hydrogen-bond acceptors (Lipinski definition) is 7. The van der Waals surface area contributed by atoms with E-state index in [0.717, 1.165) is 11.1 Å². The lowest BCUT2D eigenvalue weighted by molar-refractivity contribution is -0.121. The van der Waals surface area contributed by atoms with Gasteiger partial charge in [0.2, 0.25) is 11.7 Å². The summed E-state index contributed by atoms with van der Waals surface area (Å²) in [4.78, 5) is 29.2. The second kappa shape index (κ2) is 12.5. The first-order valence-electron chi connectivity index (χ1n) is 11.6. The quantitative estimate of drug-likeness (QED) is 0.394. The van der Waals surface area contributed by atoms with Crippen molar-refractivity contribution in [3.05, 3.63) is 59.6 Å². The van der Waals surface area contributed by atoms with E-state index in [0.29, 0.717) is 55.1 Å². The van der Waals surface area contributed by atoms with E-state index >= 15 is 0 Å². The molecule has 186 valence electrons. The Kier molecular flexibility index (Phi) is 9.11. The van der Waals surface area contributed by atoms with Crippen molar-refractivity contribution in [1.29, 1.82) is 0 Å². The number of ether oxygens (including phenoxy) is 3. The molecule has 35 heavy (non-hydrogen) atoms. The highest BCUT2D eigenvalue weighted by Gasteiger charge is 2.19. The van der Waals surface area contributed by atoms with Crippen molar-refractivity contribution in [3.63, 3.8) is 0 Å². The molecule has 0 saturated carbocycles. The lowest BCUT2D eigenvalue weighted by atomic mass is 10.1. The van der Waals surface area contributed by atoms with Crippen LogP contribution >= 0.6 is 0 Å². The van der Waals surface area contributed by atoms with Crippen LogP contribution in [-0.4, -0.2) is 36.6 Å². The monoisotopic (exact) mass is 481 g/mol. The van der Waals surface area contributed by atoms with E-state index in [-0.39, 0.29) is 17.9 Å². The third kappa shape index (κ3) is 6.99. The van der Waals surface area contributed by atoms with Crippen LogP contribution in [0.4, 0.5) is 0 Å². The Morgan fingerprint density at radius 1 is 0.914 bits per heavy atom. The summed E-state index contributed by atoms with van der Waals surface area (Å²) in [7, 11) is 0. The number of carbonyl (C=O) groups is 2. The van der Waals surface area contributed by atoms with Gasteiger partial charge >= 0.3 is 0 Å². The van der Waals surface area contributed by atoms with E-state index in [2.05, 4.69) is 15.8 Å². The number of oxazole rings is 1. The van der Waals surface area contributed by atoms with E-state index < -0.39 is 5.91 Å². The Hall–Kier alpha value is -4.01. The van der Waals surface area contributed by atoms with Gasteiger partial charge in [0.05, 0.1) is 26.0 Å². The van der Waals surface area contributed by atoms with Gasteiger partial charge in [0, 0.05) is 24.0 Å². The van der Waals surface area contributed by atoms with Gasteiger partial charge in [-0.3, -0.25) is 20.4 Å². The summed E-state index contributed by atoms with van der Waals surface area (Å²) < 4.78 is 22.7. The molecule has 0 aliphatic heterocycles. The first kappa shape index (κ1) is 25.6. The van der Waals surface area contributed by atoms with Gasteiger partial charge < -0.3 is 18.6 Å². The SMILES string of the molecule is CCOc1cc(C(=O)NNC(=O)CCc2ncc(-c3ccc(C)cc3)o2)cc(OCC)c1OCC. The molecule has 3 rings (SSSR count). The van der Waals surface area contributed by atoms with Crippen molar-refractivity contribution >= 4 is 11.8 Å². The standard InChI is InChI=1S/C26H31N3O6/c1-5-32-20-14-19(15-21(33-6-2)25(20)34-7-3)26(31)29-28-23(30)12-13-24-27-16-22(35-24)18-10-8-17(4)9-11-18/h8-11,14-16H,5-7,12-13H2,1-4H3,(H,28,30)(H,29,31). The Labute approximate surface area is 204 Å². The maximum absolute atomic E-state index is 12.7. The Balaban J connectivity index is 1.58. The van der Waals surface area contributed by atoms with Crippen molar-refractivity contribution in [2.24, 2.45) is 0 Å². The average Bonchev–Trinajstić information content (AvgIpc) is 3.33. The normalized spacial score (nSPS) is 10.5. The van der Waals surface area contributed by atoms with Crippen molar-refractivity contribution < 1.29 is 28.2 Å². The first-order valence-corrected chi connectivity index (χ1v) is 11.6. The smallest absolute Gasteiger partial charge is 0.269 e. The number of benzene rings is 2. The molecular formula is C26H31N3O6. The van der Waals surface area contributed by atoms with E-state index in [1.807, 2.05) is 52.0 Å². The molecule has 0 fully saturated rings. The lowest BCUT2D eigenvalue weighted by Crippen LogP contribution is -2.41. The highest BCUT2D eigenvalue weighted by atomic mass is 16.5. The molecule has 0 radical (unpaired) electrons. The Morgan fingerprint density at radius 3 is 2.14 bits per heavy atom. The summed E-state index contributed by atoms with van der Waals surface area (Å²) in [6.45, 7) is 8.72. The zero-order valence-corrected chi connectivity index (χ0v) is 20.5. The fraction of sp³-hybridized carbons (Fsp3) is 0.346. The van der Waals surface area contributed by atoms with E-state index in [4.69, 9.17) is 18.6 Å². The third-order valence-electron chi connectivity index (χ3n) is 4.94. The largest absolute Gasteiger partial charge is 0.490 e. The van der Waals surface area contributed by atoms with Gasteiger partial charge in [-0.05, 0) is 39.8 Å². The molecule has 0 unspecified atom stereocenters. The van der Waals surface area contributed by atoms with E-state index in [1.54, 1.807) is 18.3 Å². The summed E-state index contributed by atoms with van der Waals surface area (Å²) in [5, 5.41) is 0. The number of nitrogens with one attached hydrogen (secondary N) is 2. The van der Waals surface area contributed by atoms with Crippen LogP contribution in [0.2, 0.25) is 0 Å². The molecular weight excluding hydrogens is 450 g/mol. The molecule has 9 heteroatoms. The molecule has 3 aromatic rings. The van der Waals surface area contributed by atoms with Gasteiger partial charge in [-0.1, -0.05) is 29.8 Å². The molecule has 0 atom stereocenters. The molecule has 2 aromatic carbocycles. The number of rotatable bonds is 11. The molecule has 0 bridgehead atoms. The van der Waals surface area contributed by atoms with Gasteiger partial charge in [-0.25, -0.2) is 4.98 Å². The van der Waals surface area contributed by atoms with Crippen LogP contribution in [0.15, 0.2) is 47.0 Å². The average molecular weight is 482 g/mol. The fourth-order valence-electron chi connectivity index (χ4n) is 3.28.